The average Bonchev–Trinajstić information content (AvgIpc) is 2.82. The van der Waals surface area contributed by atoms with Crippen LogP contribution in [0.3, 0.4) is 0 Å². The summed E-state index contributed by atoms with van der Waals surface area (Å²) in [6.07, 6.45) is -0.178. The molecule has 0 heterocycles. The van der Waals surface area contributed by atoms with Gasteiger partial charge in [0.25, 0.3) is 5.91 Å². The molecule has 0 aliphatic heterocycles. The predicted molar refractivity (Wildman–Crippen MR) is 126 cm³/mol. The van der Waals surface area contributed by atoms with E-state index in [1.165, 1.54) is 25.1 Å². The van der Waals surface area contributed by atoms with Crippen LogP contribution >= 0.6 is 0 Å². The van der Waals surface area contributed by atoms with E-state index in [9.17, 15) is 24.0 Å². The summed E-state index contributed by atoms with van der Waals surface area (Å²) in [6, 6.07) is 12.2. The van der Waals surface area contributed by atoms with Crippen molar-refractivity contribution in [1.29, 1.82) is 0 Å². The van der Waals surface area contributed by atoms with E-state index in [1.807, 2.05) is 0 Å². The summed E-state index contributed by atoms with van der Waals surface area (Å²) in [7, 11) is 0. The maximum Gasteiger partial charge on any atom is 0.338 e. The molecule has 2 aromatic rings. The van der Waals surface area contributed by atoms with Crippen molar-refractivity contribution < 1.29 is 38.2 Å². The van der Waals surface area contributed by atoms with Crippen molar-refractivity contribution in [3.05, 3.63) is 65.2 Å². The Hall–Kier alpha value is -4.21. The highest BCUT2D eigenvalue weighted by Gasteiger charge is 2.20. The number of nitrogens with one attached hydrogen (secondary N) is 2. The van der Waals surface area contributed by atoms with Gasteiger partial charge in [0.05, 0.1) is 36.8 Å². The Bertz CT molecular complexity index is 1030. The van der Waals surface area contributed by atoms with Crippen LogP contribution in [-0.4, -0.2) is 49.5 Å². The van der Waals surface area contributed by atoms with Crippen molar-refractivity contribution >= 4 is 35.4 Å². The van der Waals surface area contributed by atoms with Crippen molar-refractivity contribution in [2.45, 2.75) is 33.2 Å². The Morgan fingerprint density at radius 1 is 0.829 bits per heavy atom. The van der Waals surface area contributed by atoms with Gasteiger partial charge in [0, 0.05) is 12.6 Å². The molecule has 10 heteroatoms. The smallest absolute Gasteiger partial charge is 0.338 e. The number of anilines is 1. The quantitative estimate of drug-likeness (QED) is 0.367. The molecular formula is C25H28N2O8. The maximum absolute atomic E-state index is 12.4. The van der Waals surface area contributed by atoms with Gasteiger partial charge in [-0.15, -0.1) is 0 Å². The Balaban J connectivity index is 2.05. The molecule has 0 saturated carbocycles. The lowest BCUT2D eigenvalue weighted by Crippen LogP contribution is -2.29. The van der Waals surface area contributed by atoms with Gasteiger partial charge in [-0.05, 0) is 37.6 Å². The highest BCUT2D eigenvalue weighted by Crippen LogP contribution is 2.19. The zero-order chi connectivity index (χ0) is 25.8. The van der Waals surface area contributed by atoms with Crippen molar-refractivity contribution in [2.24, 2.45) is 0 Å². The number of hydrogen-bond donors (Lipinski definition) is 2. The van der Waals surface area contributed by atoms with E-state index in [0.29, 0.717) is 5.56 Å². The van der Waals surface area contributed by atoms with Gasteiger partial charge in [-0.25, -0.2) is 9.59 Å². The van der Waals surface area contributed by atoms with Crippen LogP contribution in [0.5, 0.6) is 0 Å². The van der Waals surface area contributed by atoms with E-state index >= 15 is 0 Å². The van der Waals surface area contributed by atoms with Crippen LogP contribution < -0.4 is 10.6 Å². The Morgan fingerprint density at radius 2 is 1.40 bits per heavy atom. The minimum Gasteiger partial charge on any atom is -0.462 e. The number of hydrogen-bond acceptors (Lipinski definition) is 8. The molecule has 10 nitrogen and oxygen atoms in total. The molecular weight excluding hydrogens is 456 g/mol. The lowest BCUT2D eigenvalue weighted by atomic mass is 10.0. The van der Waals surface area contributed by atoms with E-state index in [-0.39, 0.29) is 42.4 Å². The molecule has 0 radical (unpaired) electrons. The lowest BCUT2D eigenvalue weighted by Gasteiger charge is -2.17. The summed E-state index contributed by atoms with van der Waals surface area (Å²) in [6.45, 7) is 4.25. The average molecular weight is 485 g/mol. The van der Waals surface area contributed by atoms with Gasteiger partial charge in [0.2, 0.25) is 5.91 Å². The first-order chi connectivity index (χ1) is 16.7. The normalized spacial score (nSPS) is 11.1. The topological polar surface area (TPSA) is 137 Å². The first-order valence-corrected chi connectivity index (χ1v) is 11.0. The molecule has 2 amide bonds. The number of rotatable bonds is 11. The minimum absolute atomic E-state index is 0.0470. The number of carbonyl (C=O) groups is 5. The predicted octanol–water partition coefficient (Wildman–Crippen LogP) is 2.79. The minimum atomic E-state index is -0.699. The van der Waals surface area contributed by atoms with Crippen LogP contribution in [0.25, 0.3) is 0 Å². The molecule has 2 aromatic carbocycles. The van der Waals surface area contributed by atoms with Crippen molar-refractivity contribution in [3.8, 4) is 0 Å². The second-order valence-corrected chi connectivity index (χ2v) is 7.32. The van der Waals surface area contributed by atoms with E-state index in [1.54, 1.807) is 44.2 Å². The van der Waals surface area contributed by atoms with Crippen LogP contribution in [0, 0.1) is 0 Å². The van der Waals surface area contributed by atoms with Gasteiger partial charge in [-0.2, -0.15) is 0 Å². The highest BCUT2D eigenvalue weighted by molar-refractivity contribution is 6.00. The van der Waals surface area contributed by atoms with E-state index in [2.05, 4.69) is 10.6 Å². The molecule has 0 saturated heterocycles. The fraction of sp³-hybridized carbons (Fsp3) is 0.320. The number of esters is 3. The van der Waals surface area contributed by atoms with Crippen LogP contribution in [0.1, 0.15) is 59.5 Å². The summed E-state index contributed by atoms with van der Waals surface area (Å²) in [5.74, 6) is -3.06. The summed E-state index contributed by atoms with van der Waals surface area (Å²) in [4.78, 5) is 60.5. The summed E-state index contributed by atoms with van der Waals surface area (Å²) >= 11 is 0. The lowest BCUT2D eigenvalue weighted by molar-refractivity contribution is -0.148. The van der Waals surface area contributed by atoms with Crippen LogP contribution in [0.15, 0.2) is 48.5 Å². The van der Waals surface area contributed by atoms with Crippen LogP contribution in [-0.2, 0) is 28.6 Å². The van der Waals surface area contributed by atoms with Gasteiger partial charge in [0.1, 0.15) is 0 Å². The van der Waals surface area contributed by atoms with Gasteiger partial charge in [0.15, 0.2) is 6.61 Å². The standard InChI is InChI=1S/C25H28N2O8/c1-4-33-24(31)18-11-19(25(32)34-5-2)13-20(12-18)27-22(29)15-35-23(30)14-21(26-16(3)28)17-9-7-6-8-10-17/h6-13,21H,4-5,14-15H2,1-3H3,(H,26,28)(H,27,29)/t21-/m1/s1. The van der Waals surface area contributed by atoms with Crippen LogP contribution in [0.2, 0.25) is 0 Å². The molecule has 1 atom stereocenters. The van der Waals surface area contributed by atoms with Gasteiger partial charge < -0.3 is 24.8 Å². The fourth-order valence-electron chi connectivity index (χ4n) is 3.12. The highest BCUT2D eigenvalue weighted by atomic mass is 16.5. The summed E-state index contributed by atoms with van der Waals surface area (Å²) < 4.78 is 15.0. The zero-order valence-corrected chi connectivity index (χ0v) is 19.8. The molecule has 0 bridgehead atoms. The zero-order valence-electron chi connectivity index (χ0n) is 19.8. The van der Waals surface area contributed by atoms with E-state index in [4.69, 9.17) is 14.2 Å². The van der Waals surface area contributed by atoms with E-state index in [0.717, 1.165) is 0 Å². The maximum atomic E-state index is 12.4. The molecule has 0 unspecified atom stereocenters. The first-order valence-electron chi connectivity index (χ1n) is 11.0. The molecule has 0 aromatic heterocycles. The number of amides is 2. The molecule has 0 fully saturated rings. The van der Waals surface area contributed by atoms with Crippen molar-refractivity contribution in [1.82, 2.24) is 5.32 Å². The van der Waals surface area contributed by atoms with Gasteiger partial charge in [-0.1, -0.05) is 30.3 Å². The Labute approximate surface area is 202 Å². The Kier molecular flexibility index (Phi) is 10.4. The molecule has 186 valence electrons. The van der Waals surface area contributed by atoms with E-state index < -0.39 is 36.5 Å². The monoisotopic (exact) mass is 484 g/mol. The third-order valence-corrected chi connectivity index (χ3v) is 4.55. The van der Waals surface area contributed by atoms with Gasteiger partial charge in [-0.3, -0.25) is 14.4 Å². The third kappa shape index (κ3) is 8.92. The fourth-order valence-corrected chi connectivity index (χ4v) is 3.12. The summed E-state index contributed by atoms with van der Waals surface area (Å²) in [5.41, 5.74) is 0.933. The number of carbonyl (C=O) groups excluding carboxylic acids is 5. The van der Waals surface area contributed by atoms with Crippen molar-refractivity contribution in [2.75, 3.05) is 25.1 Å². The SMILES string of the molecule is CCOC(=O)c1cc(NC(=O)COC(=O)C[C@@H](NC(C)=O)c2ccccc2)cc(C(=O)OCC)c1. The molecule has 0 aliphatic rings. The third-order valence-electron chi connectivity index (χ3n) is 4.55. The van der Waals surface area contributed by atoms with Crippen LogP contribution in [0.4, 0.5) is 5.69 Å². The number of ether oxygens (including phenoxy) is 3. The van der Waals surface area contributed by atoms with Crippen molar-refractivity contribution in [3.63, 3.8) is 0 Å². The summed E-state index contributed by atoms with van der Waals surface area (Å²) in [5, 5.41) is 5.17. The second-order valence-electron chi connectivity index (χ2n) is 7.32. The molecule has 35 heavy (non-hydrogen) atoms. The van der Waals surface area contributed by atoms with Gasteiger partial charge >= 0.3 is 17.9 Å². The Morgan fingerprint density at radius 3 is 1.91 bits per heavy atom. The second kappa shape index (κ2) is 13.5. The number of benzene rings is 2. The first kappa shape index (κ1) is 27.0. The molecule has 2 rings (SSSR count). The largest absolute Gasteiger partial charge is 0.462 e. The molecule has 2 N–H and O–H groups in total. The molecule has 0 spiro atoms. The molecule has 0 aliphatic carbocycles.